The summed E-state index contributed by atoms with van der Waals surface area (Å²) in [4.78, 5) is 25.7. The first-order valence-corrected chi connectivity index (χ1v) is 6.41. The molecule has 1 unspecified atom stereocenters. The Morgan fingerprint density at radius 1 is 1.50 bits per heavy atom. The molecular weight excluding hydrogens is 234 g/mol. The van der Waals surface area contributed by atoms with Crippen molar-refractivity contribution in [3.63, 3.8) is 0 Å². The van der Waals surface area contributed by atoms with Crippen molar-refractivity contribution >= 4 is 11.8 Å². The summed E-state index contributed by atoms with van der Waals surface area (Å²) < 4.78 is 5.33. The smallest absolute Gasteiger partial charge is 0.245 e. The summed E-state index contributed by atoms with van der Waals surface area (Å²) in [7, 11) is 0. The summed E-state index contributed by atoms with van der Waals surface area (Å²) in [6, 6.07) is 0.0621. The molecule has 2 heterocycles. The third-order valence-corrected chi connectivity index (χ3v) is 3.57. The number of piperazine rings is 1. The minimum atomic E-state index is -0.759. The average molecular weight is 255 g/mol. The van der Waals surface area contributed by atoms with Gasteiger partial charge in [-0.15, -0.1) is 0 Å². The number of nitrogens with zero attached hydrogens (tertiary/aromatic N) is 1. The van der Waals surface area contributed by atoms with Crippen LogP contribution in [0.1, 0.15) is 20.3 Å². The quantitative estimate of drug-likeness (QED) is 0.671. The molecule has 2 amide bonds. The standard InChI is InChI=1S/C12H21N3O3/c1-12(2)11(17)14-3-5-15(12)10(16)7-9-8-18-6-4-13-9/h9,13H,3-8H2,1-2H3,(H,14,17). The zero-order chi connectivity index (χ0) is 13.2. The van der Waals surface area contributed by atoms with E-state index >= 15 is 0 Å². The van der Waals surface area contributed by atoms with Crippen molar-refractivity contribution in [2.75, 3.05) is 32.8 Å². The minimum Gasteiger partial charge on any atom is -0.378 e. The van der Waals surface area contributed by atoms with Gasteiger partial charge in [0.2, 0.25) is 11.8 Å². The molecule has 0 saturated carbocycles. The fourth-order valence-electron chi connectivity index (χ4n) is 2.41. The van der Waals surface area contributed by atoms with Gasteiger partial charge >= 0.3 is 0 Å². The van der Waals surface area contributed by atoms with Gasteiger partial charge in [-0.2, -0.15) is 0 Å². The topological polar surface area (TPSA) is 70.7 Å². The molecule has 0 aromatic carbocycles. The maximum atomic E-state index is 12.3. The molecule has 2 aliphatic rings. The van der Waals surface area contributed by atoms with E-state index in [0.717, 1.165) is 6.54 Å². The second-order valence-corrected chi connectivity index (χ2v) is 5.29. The number of amides is 2. The van der Waals surface area contributed by atoms with Crippen molar-refractivity contribution < 1.29 is 14.3 Å². The predicted octanol–water partition coefficient (Wildman–Crippen LogP) is -0.898. The van der Waals surface area contributed by atoms with E-state index in [1.54, 1.807) is 18.7 Å². The van der Waals surface area contributed by atoms with Crippen molar-refractivity contribution in [3.8, 4) is 0 Å². The summed E-state index contributed by atoms with van der Waals surface area (Å²) in [5.41, 5.74) is -0.759. The van der Waals surface area contributed by atoms with E-state index in [0.29, 0.717) is 32.7 Å². The van der Waals surface area contributed by atoms with Crippen LogP contribution in [0.4, 0.5) is 0 Å². The van der Waals surface area contributed by atoms with Gasteiger partial charge in [0, 0.05) is 32.1 Å². The summed E-state index contributed by atoms with van der Waals surface area (Å²) in [5.74, 6) is -0.0761. The van der Waals surface area contributed by atoms with Gasteiger partial charge in [0.1, 0.15) is 5.54 Å². The Balaban J connectivity index is 1.96. The first kappa shape index (κ1) is 13.3. The zero-order valence-electron chi connectivity index (χ0n) is 11.0. The van der Waals surface area contributed by atoms with E-state index < -0.39 is 5.54 Å². The Labute approximate surface area is 107 Å². The van der Waals surface area contributed by atoms with Gasteiger partial charge in [0.25, 0.3) is 0 Å². The minimum absolute atomic E-state index is 0.0119. The van der Waals surface area contributed by atoms with E-state index in [1.165, 1.54) is 0 Å². The molecule has 0 spiro atoms. The van der Waals surface area contributed by atoms with Crippen molar-refractivity contribution in [2.45, 2.75) is 31.8 Å². The fraction of sp³-hybridized carbons (Fsp3) is 0.833. The third kappa shape index (κ3) is 2.64. The number of nitrogens with one attached hydrogen (secondary N) is 2. The van der Waals surface area contributed by atoms with Crippen LogP contribution in [-0.2, 0) is 14.3 Å². The maximum absolute atomic E-state index is 12.3. The van der Waals surface area contributed by atoms with Crippen molar-refractivity contribution in [3.05, 3.63) is 0 Å². The molecule has 2 fully saturated rings. The monoisotopic (exact) mass is 255 g/mol. The highest BCUT2D eigenvalue weighted by Crippen LogP contribution is 2.19. The largest absolute Gasteiger partial charge is 0.378 e. The Kier molecular flexibility index (Phi) is 3.87. The molecule has 102 valence electrons. The van der Waals surface area contributed by atoms with Gasteiger partial charge in [-0.05, 0) is 13.8 Å². The molecule has 0 bridgehead atoms. The second-order valence-electron chi connectivity index (χ2n) is 5.29. The van der Waals surface area contributed by atoms with Crippen LogP contribution in [0.2, 0.25) is 0 Å². The lowest BCUT2D eigenvalue weighted by atomic mass is 9.97. The number of hydrogen-bond donors (Lipinski definition) is 2. The molecule has 1 atom stereocenters. The molecular formula is C12H21N3O3. The van der Waals surface area contributed by atoms with E-state index in [9.17, 15) is 9.59 Å². The summed E-state index contributed by atoms with van der Waals surface area (Å²) in [6.07, 6.45) is 0.386. The summed E-state index contributed by atoms with van der Waals surface area (Å²) in [5, 5.41) is 6.04. The first-order valence-electron chi connectivity index (χ1n) is 6.41. The Morgan fingerprint density at radius 3 is 2.94 bits per heavy atom. The molecule has 0 aromatic heterocycles. The Morgan fingerprint density at radius 2 is 2.28 bits per heavy atom. The van der Waals surface area contributed by atoms with E-state index in [4.69, 9.17) is 4.74 Å². The number of carbonyl (C=O) groups is 2. The SMILES string of the molecule is CC1(C)C(=O)NCCN1C(=O)CC1COCCN1. The normalized spacial score (nSPS) is 27.8. The van der Waals surface area contributed by atoms with Gasteiger partial charge < -0.3 is 20.3 Å². The molecule has 2 saturated heterocycles. The van der Waals surface area contributed by atoms with Crippen LogP contribution in [-0.4, -0.2) is 61.1 Å². The predicted molar refractivity (Wildman–Crippen MR) is 66.0 cm³/mol. The number of rotatable bonds is 2. The number of morpholine rings is 1. The molecule has 6 heteroatoms. The van der Waals surface area contributed by atoms with Gasteiger partial charge in [0.05, 0.1) is 13.2 Å². The van der Waals surface area contributed by atoms with E-state index in [-0.39, 0.29) is 17.9 Å². The van der Waals surface area contributed by atoms with Gasteiger partial charge in [-0.1, -0.05) is 0 Å². The summed E-state index contributed by atoms with van der Waals surface area (Å²) >= 11 is 0. The van der Waals surface area contributed by atoms with Gasteiger partial charge in [-0.25, -0.2) is 0 Å². The van der Waals surface area contributed by atoms with Crippen LogP contribution in [0.15, 0.2) is 0 Å². The van der Waals surface area contributed by atoms with Crippen LogP contribution >= 0.6 is 0 Å². The Hall–Kier alpha value is -1.14. The van der Waals surface area contributed by atoms with Crippen LogP contribution < -0.4 is 10.6 Å². The highest BCUT2D eigenvalue weighted by molar-refractivity contribution is 5.92. The molecule has 2 aliphatic heterocycles. The van der Waals surface area contributed by atoms with Crippen molar-refractivity contribution in [2.24, 2.45) is 0 Å². The third-order valence-electron chi connectivity index (χ3n) is 3.57. The highest BCUT2D eigenvalue weighted by atomic mass is 16.5. The van der Waals surface area contributed by atoms with Crippen LogP contribution in [0.25, 0.3) is 0 Å². The van der Waals surface area contributed by atoms with Crippen LogP contribution in [0.3, 0.4) is 0 Å². The summed E-state index contributed by atoms with van der Waals surface area (Å²) in [6.45, 7) is 6.71. The van der Waals surface area contributed by atoms with Crippen molar-refractivity contribution in [1.29, 1.82) is 0 Å². The second kappa shape index (κ2) is 5.24. The molecule has 18 heavy (non-hydrogen) atoms. The number of carbonyl (C=O) groups excluding carboxylic acids is 2. The van der Waals surface area contributed by atoms with Crippen LogP contribution in [0.5, 0.6) is 0 Å². The molecule has 0 radical (unpaired) electrons. The maximum Gasteiger partial charge on any atom is 0.245 e. The van der Waals surface area contributed by atoms with E-state index in [2.05, 4.69) is 10.6 Å². The zero-order valence-corrected chi connectivity index (χ0v) is 11.0. The molecule has 6 nitrogen and oxygen atoms in total. The Bertz CT molecular complexity index is 337. The molecule has 2 N–H and O–H groups in total. The first-order chi connectivity index (χ1) is 8.51. The molecule has 0 aliphatic carbocycles. The van der Waals surface area contributed by atoms with Gasteiger partial charge in [-0.3, -0.25) is 9.59 Å². The lowest BCUT2D eigenvalue weighted by Crippen LogP contribution is -2.64. The van der Waals surface area contributed by atoms with E-state index in [1.807, 2.05) is 0 Å². The highest BCUT2D eigenvalue weighted by Gasteiger charge is 2.40. The lowest BCUT2D eigenvalue weighted by molar-refractivity contribution is -0.149. The molecule has 0 aromatic rings. The number of hydrogen-bond acceptors (Lipinski definition) is 4. The average Bonchev–Trinajstić information content (AvgIpc) is 2.33. The lowest BCUT2D eigenvalue weighted by Gasteiger charge is -2.42. The molecule has 2 rings (SSSR count). The number of ether oxygens (including phenoxy) is 1. The fourth-order valence-corrected chi connectivity index (χ4v) is 2.41. The van der Waals surface area contributed by atoms with Crippen LogP contribution in [0, 0.1) is 0 Å². The van der Waals surface area contributed by atoms with Crippen molar-refractivity contribution in [1.82, 2.24) is 15.5 Å². The van der Waals surface area contributed by atoms with Gasteiger partial charge in [0.15, 0.2) is 0 Å².